The second-order valence-electron chi connectivity index (χ2n) is 7.80. The molecule has 1 aliphatic heterocycles. The lowest BCUT2D eigenvalue weighted by Gasteiger charge is -2.15. The topological polar surface area (TPSA) is 149 Å². The first-order valence-electron chi connectivity index (χ1n) is 10.5. The number of nitrogens with two attached hydrogens (primary N) is 1. The number of amides is 3. The van der Waals surface area contributed by atoms with Crippen LogP contribution in [0.2, 0.25) is 0 Å². The first-order chi connectivity index (χ1) is 16.2. The third-order valence-electron chi connectivity index (χ3n) is 5.76. The van der Waals surface area contributed by atoms with Crippen molar-refractivity contribution in [2.75, 3.05) is 13.2 Å². The SMILES string of the molecule is Cc1c(C(=O)C(N)=O)c2c(OCC(=O)O)cccc2n1CCCN1C(=O)c2ccccc2C1=O. The summed E-state index contributed by atoms with van der Waals surface area (Å²) < 4.78 is 7.12. The third kappa shape index (κ3) is 3.79. The van der Waals surface area contributed by atoms with Crippen LogP contribution in [0.4, 0.5) is 0 Å². The van der Waals surface area contributed by atoms with Gasteiger partial charge in [-0.25, -0.2) is 4.79 Å². The normalized spacial score (nSPS) is 12.8. The summed E-state index contributed by atoms with van der Waals surface area (Å²) in [7, 11) is 0. The Morgan fingerprint density at radius 3 is 2.21 bits per heavy atom. The van der Waals surface area contributed by atoms with Crippen molar-refractivity contribution in [3.8, 4) is 5.75 Å². The van der Waals surface area contributed by atoms with Crippen molar-refractivity contribution in [2.24, 2.45) is 5.73 Å². The number of imide groups is 1. The number of nitrogens with zero attached hydrogens (tertiary/aromatic N) is 2. The van der Waals surface area contributed by atoms with Crippen LogP contribution in [-0.2, 0) is 16.1 Å². The number of primary amides is 1. The van der Waals surface area contributed by atoms with Gasteiger partial charge in [-0.1, -0.05) is 18.2 Å². The fourth-order valence-electron chi connectivity index (χ4n) is 4.27. The minimum atomic E-state index is -1.20. The lowest BCUT2D eigenvalue weighted by atomic mass is 10.1. The Kier molecular flexibility index (Phi) is 5.89. The van der Waals surface area contributed by atoms with Crippen molar-refractivity contribution in [1.29, 1.82) is 0 Å². The molecule has 174 valence electrons. The Labute approximate surface area is 193 Å². The molecule has 0 unspecified atom stereocenters. The number of ether oxygens (including phenoxy) is 1. The van der Waals surface area contributed by atoms with Crippen molar-refractivity contribution >= 4 is 40.4 Å². The Hall–Kier alpha value is -4.47. The van der Waals surface area contributed by atoms with E-state index in [-0.39, 0.29) is 35.1 Å². The summed E-state index contributed by atoms with van der Waals surface area (Å²) in [4.78, 5) is 61.7. The van der Waals surface area contributed by atoms with Gasteiger partial charge in [0, 0.05) is 18.8 Å². The van der Waals surface area contributed by atoms with Gasteiger partial charge in [0.1, 0.15) is 5.75 Å². The molecule has 1 aliphatic rings. The lowest BCUT2D eigenvalue weighted by molar-refractivity contribution is -0.139. The Balaban J connectivity index is 1.65. The lowest BCUT2D eigenvalue weighted by Crippen LogP contribution is -2.31. The second kappa shape index (κ2) is 8.81. The number of aryl methyl sites for hydroxylation is 1. The molecule has 0 atom stereocenters. The number of carboxylic acids is 1. The van der Waals surface area contributed by atoms with Crippen molar-refractivity contribution < 1.29 is 33.8 Å². The Bertz CT molecular complexity index is 1340. The van der Waals surface area contributed by atoms with E-state index in [1.165, 1.54) is 11.0 Å². The van der Waals surface area contributed by atoms with E-state index in [4.69, 9.17) is 15.6 Å². The Morgan fingerprint density at radius 1 is 0.971 bits per heavy atom. The van der Waals surface area contributed by atoms with E-state index in [1.807, 2.05) is 0 Å². The number of rotatable bonds is 9. The molecule has 10 nitrogen and oxygen atoms in total. The summed E-state index contributed by atoms with van der Waals surface area (Å²) in [6.45, 7) is 1.47. The molecule has 34 heavy (non-hydrogen) atoms. The third-order valence-corrected chi connectivity index (χ3v) is 5.76. The molecule has 3 N–H and O–H groups in total. The molecule has 10 heteroatoms. The number of benzene rings is 2. The minimum Gasteiger partial charge on any atom is -0.481 e. The van der Waals surface area contributed by atoms with E-state index in [2.05, 4.69) is 0 Å². The highest BCUT2D eigenvalue weighted by molar-refractivity contribution is 6.45. The first-order valence-corrected chi connectivity index (χ1v) is 10.5. The van der Waals surface area contributed by atoms with Crippen LogP contribution >= 0.6 is 0 Å². The number of hydrogen-bond acceptors (Lipinski definition) is 6. The number of ketones is 1. The van der Waals surface area contributed by atoms with Gasteiger partial charge < -0.3 is 20.1 Å². The van der Waals surface area contributed by atoms with Crippen LogP contribution in [0.5, 0.6) is 5.75 Å². The van der Waals surface area contributed by atoms with Crippen LogP contribution in [0.15, 0.2) is 42.5 Å². The number of hydrogen-bond donors (Lipinski definition) is 2. The molecule has 4 rings (SSSR count). The zero-order chi connectivity index (χ0) is 24.6. The summed E-state index contributed by atoms with van der Waals surface area (Å²) in [5.41, 5.74) is 6.98. The number of aliphatic carboxylic acids is 1. The predicted octanol–water partition coefficient (Wildman–Crippen LogP) is 1.77. The van der Waals surface area contributed by atoms with Gasteiger partial charge in [0.15, 0.2) is 6.61 Å². The molecule has 0 saturated heterocycles. The summed E-state index contributed by atoms with van der Waals surface area (Å²) in [6.07, 6.45) is 0.375. The molecule has 1 aromatic heterocycles. The van der Waals surface area contributed by atoms with E-state index in [9.17, 15) is 24.0 Å². The Morgan fingerprint density at radius 2 is 1.62 bits per heavy atom. The van der Waals surface area contributed by atoms with Gasteiger partial charge >= 0.3 is 5.97 Å². The second-order valence-corrected chi connectivity index (χ2v) is 7.80. The molecule has 0 radical (unpaired) electrons. The maximum atomic E-state index is 12.6. The van der Waals surface area contributed by atoms with Gasteiger partial charge in [-0.15, -0.1) is 0 Å². The van der Waals surface area contributed by atoms with Crippen LogP contribution in [0.1, 0.15) is 43.2 Å². The fraction of sp³-hybridized carbons (Fsp3) is 0.208. The fourth-order valence-corrected chi connectivity index (χ4v) is 4.27. The van der Waals surface area contributed by atoms with Gasteiger partial charge in [-0.05, 0) is 37.6 Å². The molecule has 0 bridgehead atoms. The number of carbonyl (C=O) groups excluding carboxylic acids is 4. The number of carboxylic acid groups (broad SMARTS) is 1. The summed E-state index contributed by atoms with van der Waals surface area (Å²) in [6, 6.07) is 11.5. The molecule has 3 aromatic rings. The van der Waals surface area contributed by atoms with Crippen LogP contribution < -0.4 is 10.5 Å². The van der Waals surface area contributed by atoms with Crippen LogP contribution in [0.25, 0.3) is 10.9 Å². The van der Waals surface area contributed by atoms with E-state index in [0.717, 1.165) is 0 Å². The van der Waals surface area contributed by atoms with Crippen LogP contribution in [0, 0.1) is 6.92 Å². The monoisotopic (exact) mass is 463 g/mol. The van der Waals surface area contributed by atoms with E-state index < -0.39 is 24.3 Å². The van der Waals surface area contributed by atoms with Crippen LogP contribution in [-0.4, -0.2) is 57.2 Å². The summed E-state index contributed by atoms with van der Waals surface area (Å²) in [5.74, 6) is -3.86. The smallest absolute Gasteiger partial charge is 0.341 e. The molecule has 0 spiro atoms. The van der Waals surface area contributed by atoms with Crippen molar-refractivity contribution in [2.45, 2.75) is 19.9 Å². The molecular formula is C24H21N3O7. The minimum absolute atomic E-state index is 0.0317. The molecule has 0 fully saturated rings. The van der Waals surface area contributed by atoms with E-state index in [0.29, 0.717) is 35.3 Å². The van der Waals surface area contributed by atoms with E-state index >= 15 is 0 Å². The quantitative estimate of drug-likeness (QED) is 0.279. The standard InChI is InChI=1S/C24H21N3O7/c1-13-19(21(30)22(25)31)20-16(8-4-9-17(20)34-12-18(28)29)26(13)10-5-11-27-23(32)14-6-2-3-7-15(14)24(27)33/h2-4,6-9H,5,10-12H2,1H3,(H2,25,31)(H,28,29). The summed E-state index contributed by atoms with van der Waals surface area (Å²) in [5, 5.41) is 9.25. The van der Waals surface area contributed by atoms with Gasteiger partial charge in [0.05, 0.1) is 27.6 Å². The number of Topliss-reactive ketones (excluding diaryl/α,β-unsaturated/α-hetero) is 1. The average molecular weight is 463 g/mol. The number of carbonyl (C=O) groups is 5. The molecule has 2 aromatic carbocycles. The number of fused-ring (bicyclic) bond motifs is 2. The largest absolute Gasteiger partial charge is 0.481 e. The molecular weight excluding hydrogens is 442 g/mol. The maximum Gasteiger partial charge on any atom is 0.341 e. The van der Waals surface area contributed by atoms with Crippen molar-refractivity contribution in [3.63, 3.8) is 0 Å². The zero-order valence-electron chi connectivity index (χ0n) is 18.2. The molecule has 0 aliphatic carbocycles. The van der Waals surface area contributed by atoms with Gasteiger partial charge in [0.2, 0.25) is 0 Å². The van der Waals surface area contributed by atoms with Crippen LogP contribution in [0.3, 0.4) is 0 Å². The predicted molar refractivity (Wildman–Crippen MR) is 120 cm³/mol. The van der Waals surface area contributed by atoms with Gasteiger partial charge in [0.25, 0.3) is 23.5 Å². The van der Waals surface area contributed by atoms with Crippen molar-refractivity contribution in [1.82, 2.24) is 9.47 Å². The van der Waals surface area contributed by atoms with Crippen molar-refractivity contribution in [3.05, 3.63) is 64.8 Å². The maximum absolute atomic E-state index is 12.6. The highest BCUT2D eigenvalue weighted by Crippen LogP contribution is 2.34. The first kappa shape index (κ1) is 22.7. The number of aromatic nitrogens is 1. The molecule has 3 amide bonds. The highest BCUT2D eigenvalue weighted by atomic mass is 16.5. The zero-order valence-corrected chi connectivity index (χ0v) is 18.2. The van der Waals surface area contributed by atoms with Gasteiger partial charge in [-0.3, -0.25) is 24.1 Å². The average Bonchev–Trinajstić information content (AvgIpc) is 3.23. The highest BCUT2D eigenvalue weighted by Gasteiger charge is 2.34. The molecule has 2 heterocycles. The summed E-state index contributed by atoms with van der Waals surface area (Å²) >= 11 is 0. The van der Waals surface area contributed by atoms with Gasteiger partial charge in [-0.2, -0.15) is 0 Å². The molecule has 0 saturated carbocycles. The van der Waals surface area contributed by atoms with E-state index in [1.54, 1.807) is 47.9 Å².